The fraction of sp³-hybridized carbons (Fsp3) is 0.144. The summed E-state index contributed by atoms with van der Waals surface area (Å²) in [5.41, 5.74) is 4.88. The zero-order valence-corrected chi connectivity index (χ0v) is 69.4. The van der Waals surface area contributed by atoms with Gasteiger partial charge in [-0.1, -0.05) is 56.6 Å². The van der Waals surface area contributed by atoms with E-state index in [-0.39, 0.29) is 126 Å². The Labute approximate surface area is 738 Å². The molecule has 0 atom stereocenters. The standard InChI is InChI=1S/C23H21F4N5O3.C23H22F2N4O3.C23H21FN6O3.C21H18FN5O3/c1-3-20(33)29-14-5-4-6-15(11-14)30-21-17(23(25,26)27)13-28-22(32-21)31-16-7-8-19(18(24)12-16)35-10-9-34-2;1-3-18(30)12-15-4-6-16(7-5-15)27-22-20(25)14-26-23(29-22)28-17-8-9-21(19(24)13-17)32-11-10-31-2;1-3-21(31)27-16-5-4-6-17(11-16)28-22-15(13-25)14-26-23(30-22)29-18-7-8-20(19(24)12-18)33-10-9-32-2;1-2-19(28)24-13-4-3-5-14(10-13)25-20-16(22)12-23-21(27-20)26-15-6-7-17-18(11-15)30-9-8-29-17/h3-8,11-13H,1,9-10H2,2H3,(H,29,33)(H2,28,30,31,32);3-9,13-14H,1,10-12H2,2H3,(H2,26,27,28,29);3-8,11-12,14H,1,9-10H2,2H3,(H,27,31)(H2,26,28,29,30);2-7,10-12H,1,8-9H2,(H,24,28)(H2,23,25,26,27). The molecule has 0 saturated heterocycles. The lowest BCUT2D eigenvalue weighted by molar-refractivity contribution is -0.137. The van der Waals surface area contributed by atoms with Gasteiger partial charge in [0.05, 0.1) is 38.4 Å². The van der Waals surface area contributed by atoms with Gasteiger partial charge in [0.15, 0.2) is 81.1 Å². The number of nitriles is 1. The van der Waals surface area contributed by atoms with Gasteiger partial charge in [-0.3, -0.25) is 19.2 Å². The molecule has 0 spiro atoms. The summed E-state index contributed by atoms with van der Waals surface area (Å²) in [6, 6.07) is 46.5. The lowest BCUT2D eigenvalue weighted by Crippen LogP contribution is -2.15. The number of carbonyl (C=O) groups excluding carboxylic acids is 4. The fourth-order valence-electron chi connectivity index (χ4n) is 11.0. The highest BCUT2D eigenvalue weighted by atomic mass is 19.4. The summed E-state index contributed by atoms with van der Waals surface area (Å²) in [6.45, 7) is 16.2. The molecule has 4 aromatic heterocycles. The van der Waals surface area contributed by atoms with Crippen LogP contribution in [0.2, 0.25) is 0 Å². The van der Waals surface area contributed by atoms with E-state index in [2.05, 4.69) is 125 Å². The lowest BCUT2D eigenvalue weighted by atomic mass is 10.1. The van der Waals surface area contributed by atoms with Crippen LogP contribution in [0.25, 0.3) is 0 Å². The summed E-state index contributed by atoms with van der Waals surface area (Å²) in [5, 5.41) is 40.0. The van der Waals surface area contributed by atoms with Crippen molar-refractivity contribution in [2.75, 3.05) is 133 Å². The molecule has 5 heterocycles. The second-order valence-corrected chi connectivity index (χ2v) is 26.5. The third kappa shape index (κ3) is 29.8. The van der Waals surface area contributed by atoms with E-state index >= 15 is 0 Å². The number of fused-ring (bicyclic) bond motifs is 1. The zero-order valence-electron chi connectivity index (χ0n) is 69.4. The molecule has 32 nitrogen and oxygen atoms in total. The average molecular weight is 1790 g/mol. The Morgan fingerprint density at radius 1 is 0.392 bits per heavy atom. The number of methoxy groups -OCH3 is 3. The summed E-state index contributed by atoms with van der Waals surface area (Å²) >= 11 is 0. The van der Waals surface area contributed by atoms with E-state index in [1.807, 2.05) is 6.07 Å². The molecule has 0 aliphatic carbocycles. The van der Waals surface area contributed by atoms with Crippen LogP contribution in [0.15, 0.2) is 245 Å². The number of anilines is 19. The van der Waals surface area contributed by atoms with Gasteiger partial charge in [0.25, 0.3) is 0 Å². The van der Waals surface area contributed by atoms with Gasteiger partial charge in [0, 0.05) is 121 Å². The number of ketones is 1. The van der Waals surface area contributed by atoms with Gasteiger partial charge in [0.1, 0.15) is 56.0 Å². The Hall–Kier alpha value is -16.7. The van der Waals surface area contributed by atoms with E-state index < -0.39 is 52.6 Å². The van der Waals surface area contributed by atoms with Crippen LogP contribution in [0.4, 0.5) is 145 Å². The van der Waals surface area contributed by atoms with Gasteiger partial charge >= 0.3 is 6.18 Å². The molecule has 11 N–H and O–H groups in total. The minimum Gasteiger partial charge on any atom is -0.488 e. The van der Waals surface area contributed by atoms with Crippen molar-refractivity contribution < 1.29 is 92.2 Å². The maximum absolute atomic E-state index is 14.3. The third-order valence-electron chi connectivity index (χ3n) is 17.0. The molecular weight excluding hydrogens is 1710 g/mol. The number of nitrogens with one attached hydrogen (secondary N) is 11. The van der Waals surface area contributed by atoms with E-state index in [1.165, 1.54) is 94.3 Å². The first-order valence-corrected chi connectivity index (χ1v) is 38.7. The van der Waals surface area contributed by atoms with Crippen LogP contribution in [0.5, 0.6) is 28.7 Å². The number of allylic oxidation sites excluding steroid dienone is 1. The van der Waals surface area contributed by atoms with Crippen molar-refractivity contribution in [1.82, 2.24) is 39.9 Å². The molecule has 12 aromatic rings. The van der Waals surface area contributed by atoms with Crippen LogP contribution >= 0.6 is 0 Å². The van der Waals surface area contributed by atoms with Crippen LogP contribution < -0.4 is 82.2 Å². The number of rotatable bonds is 37. The molecular formula is C90H82F8N20O12. The van der Waals surface area contributed by atoms with Gasteiger partial charge in [0.2, 0.25) is 41.5 Å². The minimum absolute atomic E-state index is 0.00767. The average Bonchev–Trinajstić information content (AvgIpc) is 0.804. The molecule has 130 heavy (non-hydrogen) atoms. The van der Waals surface area contributed by atoms with Crippen LogP contribution in [-0.4, -0.2) is 138 Å². The van der Waals surface area contributed by atoms with E-state index in [4.69, 9.17) is 37.9 Å². The highest BCUT2D eigenvalue weighted by Crippen LogP contribution is 2.38. The first-order valence-electron chi connectivity index (χ1n) is 38.7. The first kappa shape index (κ1) is 95.6. The van der Waals surface area contributed by atoms with Crippen molar-refractivity contribution in [3.05, 3.63) is 291 Å². The number of aromatic nitrogens is 8. The van der Waals surface area contributed by atoms with Crippen molar-refractivity contribution in [3.8, 4) is 34.8 Å². The van der Waals surface area contributed by atoms with Crippen molar-refractivity contribution >= 4 is 133 Å². The number of amides is 3. The zero-order chi connectivity index (χ0) is 92.9. The number of ether oxygens (including phenoxy) is 8. The molecule has 0 fully saturated rings. The Morgan fingerprint density at radius 2 is 0.738 bits per heavy atom. The van der Waals surface area contributed by atoms with E-state index in [1.54, 1.807) is 109 Å². The minimum atomic E-state index is -4.75. The highest BCUT2D eigenvalue weighted by molar-refractivity contribution is 6.00. The smallest absolute Gasteiger partial charge is 0.421 e. The molecule has 8 aromatic carbocycles. The molecule has 13 rings (SSSR count). The fourth-order valence-corrected chi connectivity index (χ4v) is 11.0. The molecule has 1 aliphatic heterocycles. The summed E-state index contributed by atoms with van der Waals surface area (Å²) in [4.78, 5) is 78.2. The molecule has 0 unspecified atom stereocenters. The number of nitrogens with zero attached hydrogens (tertiary/aromatic N) is 9. The van der Waals surface area contributed by atoms with Crippen LogP contribution in [0.3, 0.4) is 0 Å². The second kappa shape index (κ2) is 48.0. The largest absolute Gasteiger partial charge is 0.488 e. The maximum Gasteiger partial charge on any atom is 0.421 e. The van der Waals surface area contributed by atoms with Crippen molar-refractivity contribution in [3.63, 3.8) is 0 Å². The van der Waals surface area contributed by atoms with E-state index in [0.29, 0.717) is 95.3 Å². The maximum atomic E-state index is 14.3. The van der Waals surface area contributed by atoms with Crippen LogP contribution in [-0.2, 0) is 46.0 Å². The van der Waals surface area contributed by atoms with Gasteiger partial charge in [-0.25, -0.2) is 41.9 Å². The number of hydrogen-bond donors (Lipinski definition) is 11. The van der Waals surface area contributed by atoms with Crippen molar-refractivity contribution in [2.24, 2.45) is 0 Å². The molecule has 1 aliphatic rings. The summed E-state index contributed by atoms with van der Waals surface area (Å²) in [7, 11) is 4.54. The molecule has 0 radical (unpaired) electrons. The number of alkyl halides is 3. The highest BCUT2D eigenvalue weighted by Gasteiger charge is 2.36. The van der Waals surface area contributed by atoms with E-state index in [9.17, 15) is 59.6 Å². The van der Waals surface area contributed by atoms with Crippen LogP contribution in [0.1, 0.15) is 16.7 Å². The number of carbonyl (C=O) groups is 4. The third-order valence-corrected chi connectivity index (χ3v) is 17.0. The predicted octanol–water partition coefficient (Wildman–Crippen LogP) is 18.0. The topological polar surface area (TPSA) is 401 Å². The molecule has 670 valence electrons. The van der Waals surface area contributed by atoms with Gasteiger partial charge in [-0.05, 0) is 145 Å². The first-order chi connectivity index (χ1) is 62.8. The Morgan fingerprint density at radius 3 is 1.14 bits per heavy atom. The second-order valence-electron chi connectivity index (χ2n) is 26.5. The SMILES string of the molecule is C=CC(=O)Cc1ccc(Nc2nc(Nc3ccc(OCCOC)c(F)c3)ncc2F)cc1.C=CC(=O)Nc1cccc(Nc2nc(Nc3ccc(OCCOC)c(F)c3)ncc2C#N)c1.C=CC(=O)Nc1cccc(Nc2nc(Nc3ccc(OCCOC)c(F)c3)ncc2C(F)(F)F)c1.C=CC(=O)Nc1cccc(Nc2nc(Nc3ccc4c(c3)OCCO4)ncc2F)c1. The molecule has 40 heteroatoms. The Bertz CT molecular complexity index is 6040. The summed E-state index contributed by atoms with van der Waals surface area (Å²) < 4.78 is 153. The van der Waals surface area contributed by atoms with E-state index in [0.717, 1.165) is 36.2 Å². The Kier molecular flexibility index (Phi) is 35.3. The lowest BCUT2D eigenvalue weighted by Gasteiger charge is -2.19. The van der Waals surface area contributed by atoms with Crippen LogP contribution in [0, 0.1) is 40.4 Å². The number of benzene rings is 8. The van der Waals surface area contributed by atoms with Gasteiger partial charge in [-0.2, -0.15) is 38.4 Å². The monoisotopic (exact) mass is 1790 g/mol. The van der Waals surface area contributed by atoms with Crippen molar-refractivity contribution in [1.29, 1.82) is 5.26 Å². The quantitative estimate of drug-likeness (QED) is 0.00978. The molecule has 0 bridgehead atoms. The molecule has 0 saturated carbocycles. The van der Waals surface area contributed by atoms with Crippen molar-refractivity contribution in [2.45, 2.75) is 12.6 Å². The summed E-state index contributed by atoms with van der Waals surface area (Å²) in [5.74, 6) is -3.03. The number of hydrogen-bond acceptors (Lipinski definition) is 29. The van der Waals surface area contributed by atoms with Gasteiger partial charge < -0.3 is 96.4 Å². The summed E-state index contributed by atoms with van der Waals surface area (Å²) in [6.07, 6.45) is 4.19. The number of halogens is 8. The Balaban J connectivity index is 0.000000180. The predicted molar refractivity (Wildman–Crippen MR) is 474 cm³/mol. The van der Waals surface area contributed by atoms with Gasteiger partial charge in [-0.15, -0.1) is 0 Å². The molecule has 3 amide bonds. The normalized spacial score (nSPS) is 10.9.